The van der Waals surface area contributed by atoms with Gasteiger partial charge in [-0.15, -0.1) is 11.8 Å². The summed E-state index contributed by atoms with van der Waals surface area (Å²) >= 11 is 1.71. The monoisotopic (exact) mass is 301 g/mol. The predicted octanol–water partition coefficient (Wildman–Crippen LogP) is 3.25. The summed E-state index contributed by atoms with van der Waals surface area (Å²) in [5.41, 5.74) is 0. The summed E-state index contributed by atoms with van der Waals surface area (Å²) in [7, 11) is 0. The Hall–Kier alpha value is -1.75. The van der Waals surface area contributed by atoms with Crippen LogP contribution in [0.1, 0.15) is 12.8 Å². The maximum Gasteiger partial charge on any atom is 0.133 e. The van der Waals surface area contributed by atoms with Gasteiger partial charge >= 0.3 is 0 Å². The molecular formula is C16H19N3OS. The lowest BCUT2D eigenvalue weighted by Gasteiger charge is -2.16. The lowest BCUT2D eigenvalue weighted by Crippen LogP contribution is -2.19. The van der Waals surface area contributed by atoms with Crippen LogP contribution in [0, 0.1) is 0 Å². The molecule has 1 aromatic heterocycles. The second-order valence-electron chi connectivity index (χ2n) is 4.92. The molecule has 0 radical (unpaired) electrons. The molecule has 1 aliphatic rings. The van der Waals surface area contributed by atoms with Gasteiger partial charge in [0.05, 0.1) is 6.61 Å². The molecule has 1 aromatic carbocycles. The van der Waals surface area contributed by atoms with E-state index in [0.29, 0.717) is 6.61 Å². The molecule has 0 saturated carbocycles. The van der Waals surface area contributed by atoms with Crippen LogP contribution in [-0.4, -0.2) is 35.4 Å². The highest BCUT2D eigenvalue weighted by Gasteiger charge is 2.13. The molecule has 0 unspecified atom stereocenters. The number of hydrogen-bond acceptors (Lipinski definition) is 5. The van der Waals surface area contributed by atoms with Gasteiger partial charge in [-0.3, -0.25) is 0 Å². The Morgan fingerprint density at radius 1 is 1.10 bits per heavy atom. The highest BCUT2D eigenvalue weighted by molar-refractivity contribution is 7.99. The zero-order valence-corrected chi connectivity index (χ0v) is 12.8. The minimum absolute atomic E-state index is 0.678. The van der Waals surface area contributed by atoms with E-state index in [1.165, 1.54) is 12.8 Å². The molecule has 1 fully saturated rings. The quantitative estimate of drug-likeness (QED) is 0.465. The van der Waals surface area contributed by atoms with Crippen molar-refractivity contribution in [3.8, 4) is 5.75 Å². The van der Waals surface area contributed by atoms with Crippen LogP contribution < -0.4 is 9.64 Å². The predicted molar refractivity (Wildman–Crippen MR) is 86.1 cm³/mol. The third-order valence-electron chi connectivity index (χ3n) is 3.40. The second-order valence-corrected chi connectivity index (χ2v) is 6.03. The molecule has 0 aliphatic carbocycles. The standard InChI is InChI=1S/C16H19N3OS/c1-2-6-14(7-3-1)20-10-11-21-16-12-15(17-13-18-16)19-8-4-5-9-19/h1-3,6-7,12-13H,4-5,8-11H2. The van der Waals surface area contributed by atoms with Gasteiger partial charge in [-0.2, -0.15) is 0 Å². The van der Waals surface area contributed by atoms with Crippen LogP contribution in [0.3, 0.4) is 0 Å². The molecule has 5 heteroatoms. The van der Waals surface area contributed by atoms with Crippen LogP contribution in [0.15, 0.2) is 47.8 Å². The van der Waals surface area contributed by atoms with Crippen LogP contribution in [-0.2, 0) is 0 Å². The largest absolute Gasteiger partial charge is 0.493 e. The van der Waals surface area contributed by atoms with Gasteiger partial charge in [-0.1, -0.05) is 18.2 Å². The minimum Gasteiger partial charge on any atom is -0.493 e. The zero-order chi connectivity index (χ0) is 14.3. The van der Waals surface area contributed by atoms with Gasteiger partial charge in [0.25, 0.3) is 0 Å². The zero-order valence-electron chi connectivity index (χ0n) is 11.9. The topological polar surface area (TPSA) is 38.2 Å². The van der Waals surface area contributed by atoms with E-state index in [1.54, 1.807) is 18.1 Å². The summed E-state index contributed by atoms with van der Waals surface area (Å²) in [5.74, 6) is 2.85. The van der Waals surface area contributed by atoms with E-state index in [4.69, 9.17) is 4.74 Å². The van der Waals surface area contributed by atoms with E-state index in [-0.39, 0.29) is 0 Å². The van der Waals surface area contributed by atoms with Crippen LogP contribution in [0.2, 0.25) is 0 Å². The molecule has 110 valence electrons. The molecule has 21 heavy (non-hydrogen) atoms. The van der Waals surface area contributed by atoms with Crippen molar-refractivity contribution in [1.82, 2.24) is 9.97 Å². The first-order valence-corrected chi connectivity index (χ1v) is 8.28. The molecule has 3 rings (SSSR count). The molecule has 1 aliphatic heterocycles. The van der Waals surface area contributed by atoms with Crippen LogP contribution in [0.5, 0.6) is 5.75 Å². The highest BCUT2D eigenvalue weighted by atomic mass is 32.2. The Labute approximate surface area is 129 Å². The SMILES string of the molecule is c1ccc(OCCSc2cc(N3CCCC3)ncn2)cc1. The number of para-hydroxylation sites is 1. The highest BCUT2D eigenvalue weighted by Crippen LogP contribution is 2.22. The number of hydrogen-bond donors (Lipinski definition) is 0. The molecule has 2 aromatic rings. The number of rotatable bonds is 6. The maximum atomic E-state index is 5.68. The van der Waals surface area contributed by atoms with E-state index < -0.39 is 0 Å². The van der Waals surface area contributed by atoms with E-state index in [2.05, 4.69) is 20.9 Å². The van der Waals surface area contributed by atoms with Gasteiger partial charge in [0.15, 0.2) is 0 Å². The summed E-state index contributed by atoms with van der Waals surface area (Å²) in [6.07, 6.45) is 4.18. The van der Waals surface area contributed by atoms with E-state index in [0.717, 1.165) is 35.4 Å². The van der Waals surface area contributed by atoms with E-state index in [9.17, 15) is 0 Å². The molecular weight excluding hydrogens is 282 g/mol. The molecule has 0 amide bonds. The average molecular weight is 301 g/mol. The number of ether oxygens (including phenoxy) is 1. The summed E-state index contributed by atoms with van der Waals surface area (Å²) in [6.45, 7) is 2.90. The molecule has 0 N–H and O–H groups in total. The Bertz CT molecular complexity index is 558. The van der Waals surface area contributed by atoms with E-state index >= 15 is 0 Å². The van der Waals surface area contributed by atoms with Crippen molar-refractivity contribution in [2.75, 3.05) is 30.3 Å². The van der Waals surface area contributed by atoms with Gasteiger partial charge in [0.1, 0.15) is 22.9 Å². The normalized spacial score (nSPS) is 14.4. The van der Waals surface area contributed by atoms with Crippen molar-refractivity contribution in [2.45, 2.75) is 17.9 Å². The van der Waals surface area contributed by atoms with Crippen molar-refractivity contribution in [2.24, 2.45) is 0 Å². The molecule has 2 heterocycles. The van der Waals surface area contributed by atoms with Crippen molar-refractivity contribution in [3.05, 3.63) is 42.7 Å². The number of thioether (sulfide) groups is 1. The van der Waals surface area contributed by atoms with Crippen molar-refractivity contribution < 1.29 is 4.74 Å². The third-order valence-corrected chi connectivity index (χ3v) is 4.29. The Balaban J connectivity index is 1.48. The molecule has 0 spiro atoms. The van der Waals surface area contributed by atoms with Crippen LogP contribution >= 0.6 is 11.8 Å². The number of benzene rings is 1. The van der Waals surface area contributed by atoms with Crippen LogP contribution in [0.4, 0.5) is 5.82 Å². The summed E-state index contributed by atoms with van der Waals surface area (Å²) < 4.78 is 5.68. The summed E-state index contributed by atoms with van der Waals surface area (Å²) in [4.78, 5) is 11.0. The smallest absolute Gasteiger partial charge is 0.133 e. The van der Waals surface area contributed by atoms with Gasteiger partial charge < -0.3 is 9.64 Å². The lowest BCUT2D eigenvalue weighted by atomic mass is 10.3. The summed E-state index contributed by atoms with van der Waals surface area (Å²) in [5, 5.41) is 1.02. The first-order valence-electron chi connectivity index (χ1n) is 7.29. The maximum absolute atomic E-state index is 5.68. The minimum atomic E-state index is 0.678. The Kier molecular flexibility index (Phi) is 4.94. The fourth-order valence-corrected chi connectivity index (χ4v) is 3.04. The summed E-state index contributed by atoms with van der Waals surface area (Å²) in [6, 6.07) is 12.0. The molecule has 0 bridgehead atoms. The number of nitrogens with zero attached hydrogens (tertiary/aromatic N) is 3. The Morgan fingerprint density at radius 2 is 1.90 bits per heavy atom. The van der Waals surface area contributed by atoms with Crippen LogP contribution in [0.25, 0.3) is 0 Å². The number of anilines is 1. The van der Waals surface area contributed by atoms with E-state index in [1.807, 2.05) is 30.3 Å². The number of aromatic nitrogens is 2. The lowest BCUT2D eigenvalue weighted by molar-refractivity contribution is 0.344. The first kappa shape index (κ1) is 14.2. The molecule has 0 atom stereocenters. The van der Waals surface area contributed by atoms with Gasteiger partial charge in [-0.25, -0.2) is 9.97 Å². The van der Waals surface area contributed by atoms with Crippen molar-refractivity contribution in [3.63, 3.8) is 0 Å². The molecule has 4 nitrogen and oxygen atoms in total. The second kappa shape index (κ2) is 7.31. The van der Waals surface area contributed by atoms with Gasteiger partial charge in [0, 0.05) is 24.9 Å². The van der Waals surface area contributed by atoms with Gasteiger partial charge in [0.2, 0.25) is 0 Å². The molecule has 1 saturated heterocycles. The van der Waals surface area contributed by atoms with Crippen molar-refractivity contribution in [1.29, 1.82) is 0 Å². The average Bonchev–Trinajstić information content (AvgIpc) is 3.07. The van der Waals surface area contributed by atoms with Gasteiger partial charge in [-0.05, 0) is 25.0 Å². The Morgan fingerprint density at radius 3 is 2.71 bits per heavy atom. The third kappa shape index (κ3) is 4.11. The first-order chi connectivity index (χ1) is 10.4. The van der Waals surface area contributed by atoms with Crippen molar-refractivity contribution >= 4 is 17.6 Å². The fourth-order valence-electron chi connectivity index (χ4n) is 2.35. The fraction of sp³-hybridized carbons (Fsp3) is 0.375.